The van der Waals surface area contributed by atoms with E-state index in [-0.39, 0.29) is 29.7 Å². The molecule has 1 aromatic heterocycles. The van der Waals surface area contributed by atoms with Crippen molar-refractivity contribution in [3.05, 3.63) is 52.4 Å². The third-order valence-corrected chi connectivity index (χ3v) is 5.42. The number of esters is 1. The summed E-state index contributed by atoms with van der Waals surface area (Å²) < 4.78 is 22.1. The Morgan fingerprint density at radius 1 is 1.07 bits per heavy atom. The van der Waals surface area contributed by atoms with Gasteiger partial charge in [-0.25, -0.2) is 0 Å². The lowest BCUT2D eigenvalue weighted by Crippen LogP contribution is -2.24. The lowest BCUT2D eigenvalue weighted by atomic mass is 9.82. The minimum atomic E-state index is -0.296. The monoisotopic (exact) mass is 394 g/mol. The second-order valence-electron chi connectivity index (χ2n) is 7.43. The minimum Gasteiger partial charge on any atom is -0.497 e. The summed E-state index contributed by atoms with van der Waals surface area (Å²) in [5, 5.41) is 0.350. The highest BCUT2D eigenvalue weighted by molar-refractivity contribution is 5.93. The Bertz CT molecular complexity index is 1140. The zero-order valence-corrected chi connectivity index (χ0v) is 16.8. The maximum Gasteiger partial charge on any atom is 0.311 e. The summed E-state index contributed by atoms with van der Waals surface area (Å²) in [6, 6.07) is 8.80. The van der Waals surface area contributed by atoms with Crippen molar-refractivity contribution in [3.63, 3.8) is 0 Å². The van der Waals surface area contributed by atoms with E-state index in [1.54, 1.807) is 37.4 Å². The number of ether oxygens (including phenoxy) is 3. The van der Waals surface area contributed by atoms with Gasteiger partial charge < -0.3 is 18.6 Å². The number of benzene rings is 2. The van der Waals surface area contributed by atoms with Crippen molar-refractivity contribution in [1.82, 2.24) is 0 Å². The molecule has 2 heterocycles. The lowest BCUT2D eigenvalue weighted by molar-refractivity contribution is -0.136. The van der Waals surface area contributed by atoms with Crippen LogP contribution >= 0.6 is 0 Å². The summed E-state index contributed by atoms with van der Waals surface area (Å²) in [6.45, 7) is 4.07. The molecule has 0 spiro atoms. The van der Waals surface area contributed by atoms with Crippen LogP contribution in [-0.2, 0) is 4.79 Å². The van der Waals surface area contributed by atoms with Crippen LogP contribution < -0.4 is 19.6 Å². The van der Waals surface area contributed by atoms with Crippen molar-refractivity contribution >= 4 is 16.9 Å². The zero-order valence-electron chi connectivity index (χ0n) is 16.8. The van der Waals surface area contributed by atoms with E-state index in [0.29, 0.717) is 39.3 Å². The molecule has 29 heavy (non-hydrogen) atoms. The van der Waals surface area contributed by atoms with Crippen molar-refractivity contribution < 1.29 is 23.4 Å². The van der Waals surface area contributed by atoms with Crippen LogP contribution in [0.3, 0.4) is 0 Å². The average molecular weight is 394 g/mol. The molecule has 0 unspecified atom stereocenters. The van der Waals surface area contributed by atoms with E-state index in [2.05, 4.69) is 0 Å². The molecule has 0 bridgehead atoms. The van der Waals surface area contributed by atoms with Gasteiger partial charge in [0.25, 0.3) is 0 Å². The quantitative estimate of drug-likeness (QED) is 0.478. The maximum atomic E-state index is 13.4. The van der Waals surface area contributed by atoms with Crippen LogP contribution in [0.1, 0.15) is 31.7 Å². The predicted molar refractivity (Wildman–Crippen MR) is 109 cm³/mol. The Kier molecular flexibility index (Phi) is 4.78. The summed E-state index contributed by atoms with van der Waals surface area (Å²) in [7, 11) is 3.07. The number of fused-ring (bicyclic) bond motifs is 3. The molecular formula is C23H22O6. The fraction of sp³-hybridized carbons (Fsp3) is 0.304. The Labute approximate surface area is 168 Å². The van der Waals surface area contributed by atoms with Crippen LogP contribution in [0.25, 0.3) is 22.1 Å². The van der Waals surface area contributed by atoms with Gasteiger partial charge in [-0.05, 0) is 23.6 Å². The first kappa shape index (κ1) is 19.1. The van der Waals surface area contributed by atoms with Gasteiger partial charge in [-0.1, -0.05) is 26.0 Å². The van der Waals surface area contributed by atoms with E-state index >= 15 is 0 Å². The summed E-state index contributed by atoms with van der Waals surface area (Å²) in [6.07, 6.45) is 1.70. The Morgan fingerprint density at radius 2 is 1.79 bits per heavy atom. The largest absolute Gasteiger partial charge is 0.497 e. The number of hydrogen-bond donors (Lipinski definition) is 0. The fourth-order valence-electron chi connectivity index (χ4n) is 3.85. The summed E-state index contributed by atoms with van der Waals surface area (Å²) >= 11 is 0. The molecule has 6 heteroatoms. The van der Waals surface area contributed by atoms with Gasteiger partial charge >= 0.3 is 5.97 Å². The summed E-state index contributed by atoms with van der Waals surface area (Å²) in [5.74, 6) is 1.19. The topological polar surface area (TPSA) is 75.0 Å². The molecule has 2 aromatic carbocycles. The maximum absolute atomic E-state index is 13.4. The van der Waals surface area contributed by atoms with E-state index in [0.717, 1.165) is 5.56 Å². The molecule has 3 aromatic rings. The van der Waals surface area contributed by atoms with Gasteiger partial charge in [0.05, 0.1) is 26.2 Å². The van der Waals surface area contributed by atoms with Crippen molar-refractivity contribution in [2.45, 2.75) is 26.2 Å². The van der Waals surface area contributed by atoms with Crippen LogP contribution in [-0.4, -0.2) is 20.2 Å². The van der Waals surface area contributed by atoms with Crippen LogP contribution in [0.15, 0.2) is 45.8 Å². The van der Waals surface area contributed by atoms with E-state index in [1.165, 1.54) is 13.4 Å². The molecule has 0 aliphatic carbocycles. The molecule has 0 fully saturated rings. The first-order valence-corrected chi connectivity index (χ1v) is 9.46. The molecule has 0 amide bonds. The Balaban J connectivity index is 2.00. The molecule has 0 radical (unpaired) electrons. The number of carbonyl (C=O) groups is 1. The Morgan fingerprint density at radius 3 is 2.41 bits per heavy atom. The van der Waals surface area contributed by atoms with Gasteiger partial charge in [0, 0.05) is 17.5 Å². The van der Waals surface area contributed by atoms with Crippen molar-refractivity contribution in [1.29, 1.82) is 0 Å². The lowest BCUT2D eigenvalue weighted by Gasteiger charge is -2.28. The zero-order chi connectivity index (χ0) is 20.7. The number of hydrogen-bond acceptors (Lipinski definition) is 6. The first-order chi connectivity index (χ1) is 13.9. The molecule has 1 aliphatic heterocycles. The van der Waals surface area contributed by atoms with Crippen LogP contribution in [0.2, 0.25) is 0 Å². The molecular weight excluding hydrogens is 372 g/mol. The number of carbonyl (C=O) groups excluding carboxylic acids is 1. The SMILES string of the molecule is COc1ccc(-c2coc3c4c(cc(OC)c3c2=O)OC(=O)C[C@H]4C(C)C)cc1. The van der Waals surface area contributed by atoms with E-state index in [9.17, 15) is 9.59 Å². The van der Waals surface area contributed by atoms with Crippen molar-refractivity contribution in [2.24, 2.45) is 5.92 Å². The normalized spacial score (nSPS) is 15.9. The smallest absolute Gasteiger partial charge is 0.311 e. The highest BCUT2D eigenvalue weighted by Gasteiger charge is 2.34. The van der Waals surface area contributed by atoms with E-state index in [4.69, 9.17) is 18.6 Å². The predicted octanol–water partition coefficient (Wildman–Crippen LogP) is 4.53. The van der Waals surface area contributed by atoms with Crippen LogP contribution in [0.4, 0.5) is 0 Å². The second-order valence-corrected chi connectivity index (χ2v) is 7.43. The van der Waals surface area contributed by atoms with Crippen LogP contribution in [0, 0.1) is 5.92 Å². The molecule has 1 atom stereocenters. The van der Waals surface area contributed by atoms with Gasteiger partial charge in [-0.2, -0.15) is 0 Å². The standard InChI is InChI=1S/C23H22O6/c1-12(2)15-9-19(24)29-18-10-17(27-4)21-22(25)16(11-28-23(21)20(15)18)13-5-7-14(26-3)8-6-13/h5-8,10-12,15H,9H2,1-4H3/t15-/m0/s1. The van der Waals surface area contributed by atoms with Crippen LogP contribution in [0.5, 0.6) is 17.2 Å². The van der Waals surface area contributed by atoms with E-state index < -0.39 is 0 Å². The molecule has 150 valence electrons. The van der Waals surface area contributed by atoms with Gasteiger partial charge in [-0.3, -0.25) is 9.59 Å². The molecule has 4 rings (SSSR count). The Hall–Kier alpha value is -3.28. The van der Waals surface area contributed by atoms with Gasteiger partial charge in [0.15, 0.2) is 0 Å². The second kappa shape index (κ2) is 7.28. The van der Waals surface area contributed by atoms with Gasteiger partial charge in [0.1, 0.15) is 34.5 Å². The third-order valence-electron chi connectivity index (χ3n) is 5.42. The minimum absolute atomic E-state index is 0.102. The first-order valence-electron chi connectivity index (χ1n) is 9.46. The third kappa shape index (κ3) is 3.14. The summed E-state index contributed by atoms with van der Waals surface area (Å²) in [4.78, 5) is 25.5. The molecule has 0 N–H and O–H groups in total. The van der Waals surface area contributed by atoms with E-state index in [1.807, 2.05) is 13.8 Å². The highest BCUT2D eigenvalue weighted by atomic mass is 16.5. The average Bonchev–Trinajstić information content (AvgIpc) is 2.72. The number of methoxy groups -OCH3 is 2. The number of rotatable bonds is 4. The molecule has 6 nitrogen and oxygen atoms in total. The molecule has 0 saturated carbocycles. The molecule has 0 saturated heterocycles. The van der Waals surface area contributed by atoms with Crippen molar-refractivity contribution in [3.8, 4) is 28.4 Å². The van der Waals surface area contributed by atoms with Gasteiger partial charge in [-0.15, -0.1) is 0 Å². The fourth-order valence-corrected chi connectivity index (χ4v) is 3.85. The highest BCUT2D eigenvalue weighted by Crippen LogP contribution is 2.45. The van der Waals surface area contributed by atoms with Crippen molar-refractivity contribution in [2.75, 3.05) is 14.2 Å². The summed E-state index contributed by atoms with van der Waals surface area (Å²) in [5.41, 5.74) is 2.09. The van der Waals surface area contributed by atoms with Gasteiger partial charge in [0.2, 0.25) is 5.43 Å². The molecule has 1 aliphatic rings.